The van der Waals surface area contributed by atoms with Crippen LogP contribution in [0.3, 0.4) is 0 Å². The quantitative estimate of drug-likeness (QED) is 0.128. The van der Waals surface area contributed by atoms with Crippen molar-refractivity contribution in [3.8, 4) is 0 Å². The monoisotopic (exact) mass is 275 g/mol. The summed E-state index contributed by atoms with van der Waals surface area (Å²) in [5.74, 6) is 0. The molecule has 0 unspecified atom stereocenters. The Balaban J connectivity index is -0.0000000138. The number of carbonyl (C=O) groups is 1. The standard InChI is InChI=1S/CH2O2.NO3.4H3N.H2O4S/c2-1-3;2-1(3)4;;;;;1-5(2,3)4/h1H,(H,2,3);;4*1H3;(H2,1,2,3,4)/q;-1;;;;;/p+1. The van der Waals surface area contributed by atoms with E-state index in [1.807, 2.05) is 0 Å². The molecule has 0 saturated heterocycles. The zero-order valence-corrected chi connectivity index (χ0v) is 9.92. The highest BCUT2D eigenvalue weighted by Crippen LogP contribution is 1.57. The molecule has 0 aromatic rings. The van der Waals surface area contributed by atoms with E-state index in [0.717, 1.165) is 0 Å². The fourth-order valence-electron chi connectivity index (χ4n) is 0. The molecule has 16 heavy (non-hydrogen) atoms. The summed E-state index contributed by atoms with van der Waals surface area (Å²) in [4.78, 5) is 16.5. The molecule has 0 radical (unpaired) electrons. The van der Waals surface area contributed by atoms with E-state index in [2.05, 4.69) is 0 Å². The maximum absolute atomic E-state index is 8.52. The van der Waals surface area contributed by atoms with E-state index in [0.29, 0.717) is 0 Å². The summed E-state index contributed by atoms with van der Waals surface area (Å²) >= 11 is 0. The van der Waals surface area contributed by atoms with Crippen LogP contribution in [-0.2, 0) is 15.2 Å². The van der Waals surface area contributed by atoms with Gasteiger partial charge in [0.2, 0.25) is 0 Å². The van der Waals surface area contributed by atoms with Crippen molar-refractivity contribution in [2.45, 2.75) is 0 Å². The van der Waals surface area contributed by atoms with Gasteiger partial charge in [0.05, 0.1) is 5.09 Å². The first-order valence-electron chi connectivity index (χ1n) is 1.69. The molecule has 0 heterocycles. The SMILES string of the molecule is O=C[O-].O=S(=O)([O-])[O-].O=[N+]([O-])[O-].[NH4+].[NH4+].[NH4+].[NH4+]. The lowest BCUT2D eigenvalue weighted by molar-refractivity contribution is -0.402. The number of rotatable bonds is 0. The van der Waals surface area contributed by atoms with Crippen molar-refractivity contribution in [2.24, 2.45) is 0 Å². The molecule has 0 aliphatic carbocycles. The summed E-state index contributed by atoms with van der Waals surface area (Å²) in [6, 6.07) is 0. The summed E-state index contributed by atoms with van der Waals surface area (Å²) in [6.07, 6.45) is 0. The zero-order valence-electron chi connectivity index (χ0n) is 9.11. The van der Waals surface area contributed by atoms with Crippen LogP contribution in [0.4, 0.5) is 0 Å². The van der Waals surface area contributed by atoms with Crippen LogP contribution in [0.15, 0.2) is 0 Å². The van der Waals surface area contributed by atoms with Gasteiger partial charge in [-0.05, 0) is 0 Å². The largest absolute Gasteiger partial charge is 0.759 e. The number of hydrogen-bond acceptors (Lipinski definition) is 9. The van der Waals surface area contributed by atoms with Gasteiger partial charge >= 0.3 is 0 Å². The van der Waals surface area contributed by atoms with Gasteiger partial charge in [-0.3, -0.25) is 8.42 Å². The molecule has 0 atom stereocenters. The van der Waals surface area contributed by atoms with Crippen molar-refractivity contribution in [2.75, 3.05) is 0 Å². The molecule has 106 valence electrons. The van der Waals surface area contributed by atoms with Crippen molar-refractivity contribution < 1.29 is 32.5 Å². The molecule has 0 fully saturated rings. The van der Waals surface area contributed by atoms with Crippen molar-refractivity contribution in [1.82, 2.24) is 24.6 Å². The third-order valence-corrected chi connectivity index (χ3v) is 0. The highest BCUT2D eigenvalue weighted by Gasteiger charge is 1.49. The minimum Gasteiger partial charge on any atom is -0.759 e. The molecule has 0 aromatic carbocycles. The number of quaternary nitrogens is 4. The van der Waals surface area contributed by atoms with Crippen LogP contribution >= 0.6 is 0 Å². The fraction of sp³-hybridized carbons (Fsp3) is 0. The minimum absolute atomic E-state index is 0. The van der Waals surface area contributed by atoms with Crippen LogP contribution in [-0.4, -0.2) is 29.1 Å². The molecule has 0 saturated carbocycles. The van der Waals surface area contributed by atoms with Crippen LogP contribution in [0.2, 0.25) is 0 Å². The second kappa shape index (κ2) is 29.2. The molecular weight excluding hydrogens is 258 g/mol. The summed E-state index contributed by atoms with van der Waals surface area (Å²) in [6.45, 7) is -0.500. The van der Waals surface area contributed by atoms with Crippen molar-refractivity contribution in [3.63, 3.8) is 0 Å². The number of hydrogen-bond donors (Lipinski definition) is 4. The summed E-state index contributed by atoms with van der Waals surface area (Å²) < 4.78 is 34.1. The van der Waals surface area contributed by atoms with Gasteiger partial charge in [-0.25, -0.2) is 0 Å². The first kappa shape index (κ1) is 47.3. The molecule has 0 bridgehead atoms. The zero-order chi connectivity index (χ0) is 10.8. The Morgan fingerprint density at radius 3 is 0.938 bits per heavy atom. The Morgan fingerprint density at radius 2 is 0.938 bits per heavy atom. The van der Waals surface area contributed by atoms with Gasteiger partial charge in [0.25, 0.3) is 0 Å². The normalized spacial score (nSPS) is 5.88. The molecule has 0 aromatic heterocycles. The van der Waals surface area contributed by atoms with E-state index in [1.54, 1.807) is 0 Å². The van der Waals surface area contributed by atoms with Gasteiger partial charge in [0.1, 0.15) is 0 Å². The predicted octanol–water partition coefficient (Wildman–Crippen LogP) is -1.71. The van der Waals surface area contributed by atoms with Gasteiger partial charge in [-0.2, -0.15) is 0 Å². The van der Waals surface area contributed by atoms with Crippen LogP contribution in [0.5, 0.6) is 0 Å². The highest BCUT2D eigenvalue weighted by atomic mass is 32.3. The third kappa shape index (κ3) is 611. The Labute approximate surface area is 90.3 Å². The van der Waals surface area contributed by atoms with Crippen LogP contribution in [0.1, 0.15) is 0 Å². The summed E-state index contributed by atoms with van der Waals surface area (Å²) in [5.41, 5.74) is 0. The Hall–Kier alpha value is -1.62. The number of carbonyl (C=O) groups excluding carboxylic acids is 1. The Kier molecular flexibility index (Phi) is 86.3. The number of carboxylic acid groups (broad SMARTS) is 1. The van der Waals surface area contributed by atoms with Gasteiger partial charge in [-0.1, -0.05) is 0 Å². The minimum atomic E-state index is -5.17. The lowest BCUT2D eigenvalue weighted by Crippen LogP contribution is -2.01. The second-order valence-corrected chi connectivity index (χ2v) is 1.54. The van der Waals surface area contributed by atoms with Crippen molar-refractivity contribution in [1.29, 1.82) is 0 Å². The van der Waals surface area contributed by atoms with Crippen LogP contribution in [0, 0.1) is 15.3 Å². The lowest BCUT2D eigenvalue weighted by atomic mass is 11.7. The summed E-state index contributed by atoms with van der Waals surface area (Å²) in [7, 11) is -5.17. The highest BCUT2D eigenvalue weighted by molar-refractivity contribution is 7.79. The molecule has 15 heteroatoms. The van der Waals surface area contributed by atoms with Crippen LogP contribution in [0.25, 0.3) is 0 Å². The molecule has 0 aliphatic heterocycles. The van der Waals surface area contributed by atoms with E-state index >= 15 is 0 Å². The van der Waals surface area contributed by atoms with E-state index in [-0.39, 0.29) is 24.6 Å². The molecule has 0 spiro atoms. The van der Waals surface area contributed by atoms with E-state index < -0.39 is 22.0 Å². The first-order valence-corrected chi connectivity index (χ1v) is 3.02. The molecule has 14 nitrogen and oxygen atoms in total. The third-order valence-electron chi connectivity index (χ3n) is 0. The smallest absolute Gasteiger partial charge is 0.0689 e. The van der Waals surface area contributed by atoms with E-state index in [9.17, 15) is 0 Å². The summed E-state index contributed by atoms with van der Waals surface area (Å²) in [5, 5.41) is 23.0. The average molecular weight is 275 g/mol. The van der Waals surface area contributed by atoms with Gasteiger partial charge in [-0.15, -0.1) is 0 Å². The van der Waals surface area contributed by atoms with Crippen molar-refractivity contribution >= 4 is 16.9 Å². The molecule has 0 aliphatic rings. The number of nitrogens with zero attached hydrogens (tertiary/aromatic N) is 1. The van der Waals surface area contributed by atoms with E-state index in [1.165, 1.54) is 0 Å². The maximum Gasteiger partial charge on any atom is 0.0689 e. The predicted molar refractivity (Wildman–Crippen MR) is 50.8 cm³/mol. The Bertz CT molecular complexity index is 200. The van der Waals surface area contributed by atoms with Crippen LogP contribution < -0.4 is 29.7 Å². The molecule has 16 N–H and O–H groups in total. The first-order chi connectivity index (χ1) is 5.15. The maximum atomic E-state index is 8.52. The second-order valence-electron chi connectivity index (χ2n) is 0.728. The molecule has 0 amide bonds. The van der Waals surface area contributed by atoms with Gasteiger partial charge < -0.3 is 58.9 Å². The van der Waals surface area contributed by atoms with Crippen molar-refractivity contribution in [3.05, 3.63) is 15.3 Å². The topological polar surface area (TPSA) is 333 Å². The lowest BCUT2D eigenvalue weighted by Gasteiger charge is -2.06. The Morgan fingerprint density at radius 1 is 0.938 bits per heavy atom. The van der Waals surface area contributed by atoms with Gasteiger partial charge in [0, 0.05) is 16.9 Å². The average Bonchev–Trinajstić information content (AvgIpc) is 1.56. The molecular formula is CH17N5O9S. The van der Waals surface area contributed by atoms with Gasteiger partial charge in [0.15, 0.2) is 0 Å². The molecule has 0 rings (SSSR count). The fourth-order valence-corrected chi connectivity index (χ4v) is 0. The van der Waals surface area contributed by atoms with E-state index in [4.69, 9.17) is 42.7 Å².